The highest BCUT2D eigenvalue weighted by molar-refractivity contribution is 4.88. The molecule has 0 bridgehead atoms. The van der Waals surface area contributed by atoms with Gasteiger partial charge in [-0.3, -0.25) is 0 Å². The van der Waals surface area contributed by atoms with Crippen LogP contribution in [0.5, 0.6) is 0 Å². The van der Waals surface area contributed by atoms with E-state index in [4.69, 9.17) is 6.42 Å². The van der Waals surface area contributed by atoms with E-state index in [9.17, 15) is 5.11 Å². The Labute approximate surface area is 63.5 Å². The van der Waals surface area contributed by atoms with E-state index in [1.165, 1.54) is 0 Å². The summed E-state index contributed by atoms with van der Waals surface area (Å²) in [5.41, 5.74) is -0.508. The Morgan fingerprint density at radius 2 is 1.90 bits per heavy atom. The second kappa shape index (κ2) is 4.35. The fourth-order valence-electron chi connectivity index (χ4n) is 0.908. The molecule has 0 aromatic rings. The monoisotopic (exact) mass is 140 g/mol. The summed E-state index contributed by atoms with van der Waals surface area (Å²) < 4.78 is 0. The van der Waals surface area contributed by atoms with E-state index in [0.717, 1.165) is 19.3 Å². The summed E-state index contributed by atoms with van der Waals surface area (Å²) in [6.45, 7) is 3.97. The van der Waals surface area contributed by atoms with E-state index in [1.54, 1.807) is 0 Å². The Bertz CT molecular complexity index is 117. The van der Waals surface area contributed by atoms with Crippen molar-refractivity contribution in [2.24, 2.45) is 0 Å². The van der Waals surface area contributed by atoms with E-state index in [0.29, 0.717) is 6.42 Å². The fraction of sp³-hybridized carbons (Fsp3) is 0.778. The molecule has 0 atom stereocenters. The van der Waals surface area contributed by atoms with Crippen LogP contribution >= 0.6 is 0 Å². The summed E-state index contributed by atoms with van der Waals surface area (Å²) in [7, 11) is 0. The van der Waals surface area contributed by atoms with Crippen molar-refractivity contribution < 1.29 is 5.11 Å². The lowest BCUT2D eigenvalue weighted by Gasteiger charge is -2.23. The lowest BCUT2D eigenvalue weighted by Crippen LogP contribution is -2.25. The van der Waals surface area contributed by atoms with Crippen LogP contribution in [-0.4, -0.2) is 10.7 Å². The van der Waals surface area contributed by atoms with Gasteiger partial charge in [0.2, 0.25) is 0 Å². The number of hydrogen-bond acceptors (Lipinski definition) is 1. The van der Waals surface area contributed by atoms with E-state index >= 15 is 0 Å². The first-order chi connectivity index (χ1) is 4.68. The standard InChI is InChI=1S/C9H16O/c1-4-7-8-9(10,5-2)6-3/h1,10H,5-8H2,2-3H3. The minimum absolute atomic E-state index is 0.508. The van der Waals surface area contributed by atoms with Gasteiger partial charge >= 0.3 is 0 Å². The molecule has 0 rings (SSSR count). The Hall–Kier alpha value is -0.480. The largest absolute Gasteiger partial charge is 0.390 e. The van der Waals surface area contributed by atoms with Crippen LogP contribution in [0.2, 0.25) is 0 Å². The van der Waals surface area contributed by atoms with Crippen molar-refractivity contribution in [3.8, 4) is 12.3 Å². The summed E-state index contributed by atoms with van der Waals surface area (Å²) in [6.07, 6.45) is 8.09. The highest BCUT2D eigenvalue weighted by Crippen LogP contribution is 2.20. The maximum Gasteiger partial charge on any atom is 0.0651 e. The molecule has 0 heterocycles. The molecular weight excluding hydrogens is 124 g/mol. The van der Waals surface area contributed by atoms with Gasteiger partial charge in [-0.1, -0.05) is 13.8 Å². The van der Waals surface area contributed by atoms with Gasteiger partial charge in [0, 0.05) is 6.42 Å². The van der Waals surface area contributed by atoms with Crippen LogP contribution in [-0.2, 0) is 0 Å². The first kappa shape index (κ1) is 9.52. The lowest BCUT2D eigenvalue weighted by molar-refractivity contribution is 0.0251. The molecule has 0 spiro atoms. The predicted molar refractivity (Wildman–Crippen MR) is 43.6 cm³/mol. The van der Waals surface area contributed by atoms with Crippen molar-refractivity contribution in [1.82, 2.24) is 0 Å². The highest BCUT2D eigenvalue weighted by atomic mass is 16.3. The van der Waals surface area contributed by atoms with Gasteiger partial charge in [0.05, 0.1) is 5.60 Å². The second-order valence-electron chi connectivity index (χ2n) is 2.64. The summed E-state index contributed by atoms with van der Waals surface area (Å²) in [5.74, 6) is 2.53. The van der Waals surface area contributed by atoms with Crippen LogP contribution in [0, 0.1) is 12.3 Å². The van der Waals surface area contributed by atoms with Crippen LogP contribution in [0.3, 0.4) is 0 Å². The summed E-state index contributed by atoms with van der Waals surface area (Å²) in [4.78, 5) is 0. The van der Waals surface area contributed by atoms with Gasteiger partial charge in [0.15, 0.2) is 0 Å². The Balaban J connectivity index is 3.71. The first-order valence-corrected chi connectivity index (χ1v) is 3.84. The van der Waals surface area contributed by atoms with Crippen molar-refractivity contribution in [3.63, 3.8) is 0 Å². The Kier molecular flexibility index (Phi) is 4.14. The molecule has 0 fully saturated rings. The van der Waals surface area contributed by atoms with E-state index in [1.807, 2.05) is 13.8 Å². The third-order valence-electron chi connectivity index (χ3n) is 2.05. The molecule has 1 heteroatoms. The van der Waals surface area contributed by atoms with Gasteiger partial charge < -0.3 is 5.11 Å². The minimum atomic E-state index is -0.508. The average Bonchev–Trinajstić information content (AvgIpc) is 2.00. The third-order valence-corrected chi connectivity index (χ3v) is 2.05. The normalized spacial score (nSPS) is 11.0. The van der Waals surface area contributed by atoms with Crippen LogP contribution in [0.1, 0.15) is 39.5 Å². The van der Waals surface area contributed by atoms with E-state index in [-0.39, 0.29) is 0 Å². The molecule has 58 valence electrons. The van der Waals surface area contributed by atoms with Crippen LogP contribution in [0.15, 0.2) is 0 Å². The fourth-order valence-corrected chi connectivity index (χ4v) is 0.908. The average molecular weight is 140 g/mol. The van der Waals surface area contributed by atoms with Crippen molar-refractivity contribution in [2.45, 2.75) is 45.1 Å². The maximum absolute atomic E-state index is 9.66. The third kappa shape index (κ3) is 2.89. The molecule has 0 aromatic heterocycles. The zero-order chi connectivity index (χ0) is 8.04. The maximum atomic E-state index is 9.66. The predicted octanol–water partition coefficient (Wildman–Crippen LogP) is 1.95. The number of hydrogen-bond donors (Lipinski definition) is 1. The van der Waals surface area contributed by atoms with Crippen molar-refractivity contribution in [1.29, 1.82) is 0 Å². The topological polar surface area (TPSA) is 20.2 Å². The molecule has 1 N–H and O–H groups in total. The smallest absolute Gasteiger partial charge is 0.0651 e. The molecule has 0 aliphatic carbocycles. The Morgan fingerprint density at radius 1 is 1.40 bits per heavy atom. The summed E-state index contributed by atoms with van der Waals surface area (Å²) in [6, 6.07) is 0. The number of terminal acetylenes is 1. The van der Waals surface area contributed by atoms with E-state index < -0.39 is 5.60 Å². The molecule has 0 saturated heterocycles. The van der Waals surface area contributed by atoms with Crippen LogP contribution in [0.25, 0.3) is 0 Å². The molecule has 0 amide bonds. The zero-order valence-electron chi connectivity index (χ0n) is 6.85. The SMILES string of the molecule is C#CCCC(O)(CC)CC. The first-order valence-electron chi connectivity index (χ1n) is 3.84. The molecule has 0 aromatic carbocycles. The van der Waals surface area contributed by atoms with Gasteiger partial charge in [0.1, 0.15) is 0 Å². The second-order valence-corrected chi connectivity index (χ2v) is 2.64. The van der Waals surface area contributed by atoms with Gasteiger partial charge in [-0.25, -0.2) is 0 Å². The Morgan fingerprint density at radius 3 is 2.20 bits per heavy atom. The molecule has 10 heavy (non-hydrogen) atoms. The van der Waals surface area contributed by atoms with Crippen molar-refractivity contribution in [3.05, 3.63) is 0 Å². The summed E-state index contributed by atoms with van der Waals surface area (Å²) in [5, 5.41) is 9.66. The van der Waals surface area contributed by atoms with E-state index in [2.05, 4.69) is 5.92 Å². The molecule has 0 unspecified atom stereocenters. The molecule has 1 nitrogen and oxygen atoms in total. The van der Waals surface area contributed by atoms with Crippen molar-refractivity contribution >= 4 is 0 Å². The molecular formula is C9H16O. The molecule has 0 saturated carbocycles. The molecule has 0 aliphatic rings. The van der Waals surface area contributed by atoms with Gasteiger partial charge in [-0.05, 0) is 19.3 Å². The van der Waals surface area contributed by atoms with Gasteiger partial charge in [0.25, 0.3) is 0 Å². The van der Waals surface area contributed by atoms with Crippen LogP contribution < -0.4 is 0 Å². The minimum Gasteiger partial charge on any atom is -0.390 e. The number of aliphatic hydroxyl groups is 1. The number of rotatable bonds is 4. The molecule has 0 radical (unpaired) electrons. The lowest BCUT2D eigenvalue weighted by atomic mass is 9.92. The van der Waals surface area contributed by atoms with Crippen molar-refractivity contribution in [2.75, 3.05) is 0 Å². The van der Waals surface area contributed by atoms with Gasteiger partial charge in [-0.2, -0.15) is 0 Å². The van der Waals surface area contributed by atoms with Crippen LogP contribution in [0.4, 0.5) is 0 Å². The molecule has 0 aliphatic heterocycles. The highest BCUT2D eigenvalue weighted by Gasteiger charge is 2.20. The quantitative estimate of drug-likeness (QED) is 0.592. The van der Waals surface area contributed by atoms with Gasteiger partial charge in [-0.15, -0.1) is 12.3 Å². The summed E-state index contributed by atoms with van der Waals surface area (Å²) >= 11 is 0. The zero-order valence-corrected chi connectivity index (χ0v) is 6.85.